The average molecular weight is 439 g/mol. The number of ether oxygens (including phenoxy) is 1. The Balaban J connectivity index is 1.60. The maximum absolute atomic E-state index is 13.3. The summed E-state index contributed by atoms with van der Waals surface area (Å²) in [6, 6.07) is 15.3. The van der Waals surface area contributed by atoms with Gasteiger partial charge in [-0.15, -0.1) is 0 Å². The van der Waals surface area contributed by atoms with Gasteiger partial charge in [-0.05, 0) is 23.3 Å². The number of methoxy groups -OCH3 is 1. The molecule has 2 unspecified atom stereocenters. The highest BCUT2D eigenvalue weighted by Crippen LogP contribution is 2.33. The van der Waals surface area contributed by atoms with Crippen LogP contribution in [0.3, 0.4) is 0 Å². The number of aromatic nitrogens is 2. The van der Waals surface area contributed by atoms with Crippen LogP contribution in [0.5, 0.6) is 0 Å². The number of hydrogen-bond acceptors (Lipinski definition) is 4. The summed E-state index contributed by atoms with van der Waals surface area (Å²) in [6.07, 6.45) is 2.63. The molecule has 2 N–H and O–H groups in total. The lowest BCUT2D eigenvalue weighted by atomic mass is 9.96. The number of urea groups is 1. The van der Waals surface area contributed by atoms with Gasteiger partial charge in [-0.25, -0.2) is 14.6 Å². The van der Waals surface area contributed by atoms with Gasteiger partial charge in [0, 0.05) is 30.1 Å². The zero-order valence-electron chi connectivity index (χ0n) is 17.0. The van der Waals surface area contributed by atoms with Crippen molar-refractivity contribution in [2.45, 2.75) is 24.9 Å². The molecule has 8 heteroatoms. The molecule has 2 heterocycles. The molecule has 0 radical (unpaired) electrons. The van der Waals surface area contributed by atoms with E-state index >= 15 is 0 Å². The van der Waals surface area contributed by atoms with Crippen molar-refractivity contribution in [2.24, 2.45) is 0 Å². The van der Waals surface area contributed by atoms with Gasteiger partial charge < -0.3 is 19.9 Å². The Hall–Kier alpha value is -3.32. The Morgan fingerprint density at radius 3 is 2.68 bits per heavy atom. The van der Waals surface area contributed by atoms with Crippen LogP contribution < -0.4 is 5.32 Å². The number of esters is 1. The standard InChI is InChI=1S/C23H23ClN4O3/c1-31-22(29)19(13-15-5-3-2-4-6-15)27-23(30)28-12-11-18-20(26-14-25-18)21(28)16-7-9-17(24)10-8-16/h2-10,14,19,21H,11-13H2,1H3,(H,25,26)(H,27,30). The summed E-state index contributed by atoms with van der Waals surface area (Å²) in [4.78, 5) is 35.1. The number of halogens is 1. The molecule has 2 aromatic carbocycles. The number of rotatable bonds is 5. The van der Waals surface area contributed by atoms with E-state index in [9.17, 15) is 9.59 Å². The highest BCUT2D eigenvalue weighted by Gasteiger charge is 2.35. The summed E-state index contributed by atoms with van der Waals surface area (Å²) < 4.78 is 4.94. The van der Waals surface area contributed by atoms with E-state index in [-0.39, 0.29) is 12.1 Å². The molecule has 1 aromatic heterocycles. The molecule has 2 amide bonds. The highest BCUT2D eigenvalue weighted by atomic mass is 35.5. The zero-order chi connectivity index (χ0) is 21.8. The van der Waals surface area contributed by atoms with Gasteiger partial charge in [-0.1, -0.05) is 54.1 Å². The second kappa shape index (κ2) is 9.22. The van der Waals surface area contributed by atoms with Crippen LogP contribution in [0.1, 0.15) is 28.6 Å². The summed E-state index contributed by atoms with van der Waals surface area (Å²) in [5, 5.41) is 3.49. The molecule has 0 saturated carbocycles. The molecule has 160 valence electrons. The first-order chi connectivity index (χ1) is 15.1. The van der Waals surface area contributed by atoms with Crippen LogP contribution in [0, 0.1) is 0 Å². The quantitative estimate of drug-likeness (QED) is 0.597. The van der Waals surface area contributed by atoms with Crippen molar-refractivity contribution in [2.75, 3.05) is 13.7 Å². The van der Waals surface area contributed by atoms with Gasteiger partial charge >= 0.3 is 12.0 Å². The van der Waals surface area contributed by atoms with Crippen molar-refractivity contribution in [1.82, 2.24) is 20.2 Å². The van der Waals surface area contributed by atoms with E-state index in [1.54, 1.807) is 23.4 Å². The zero-order valence-corrected chi connectivity index (χ0v) is 17.8. The normalized spacial score (nSPS) is 16.3. The Kier molecular flexibility index (Phi) is 6.23. The summed E-state index contributed by atoms with van der Waals surface area (Å²) >= 11 is 6.06. The van der Waals surface area contributed by atoms with Gasteiger partial charge in [-0.3, -0.25) is 0 Å². The number of benzene rings is 2. The van der Waals surface area contributed by atoms with Crippen LogP contribution in [0.25, 0.3) is 0 Å². The van der Waals surface area contributed by atoms with Gasteiger partial charge in [0.2, 0.25) is 0 Å². The van der Waals surface area contributed by atoms with E-state index in [0.29, 0.717) is 24.4 Å². The molecular formula is C23H23ClN4O3. The third-order valence-corrected chi connectivity index (χ3v) is 5.69. The van der Waals surface area contributed by atoms with Crippen LogP contribution in [0.4, 0.5) is 4.79 Å². The lowest BCUT2D eigenvalue weighted by Gasteiger charge is -2.36. The van der Waals surface area contributed by atoms with Gasteiger partial charge in [-0.2, -0.15) is 0 Å². The molecule has 0 bridgehead atoms. The third kappa shape index (κ3) is 4.56. The van der Waals surface area contributed by atoms with Crippen molar-refractivity contribution in [3.8, 4) is 0 Å². The summed E-state index contributed by atoms with van der Waals surface area (Å²) in [6.45, 7) is 0.480. The molecule has 2 atom stereocenters. The van der Waals surface area contributed by atoms with Crippen molar-refractivity contribution in [3.05, 3.63) is 88.5 Å². The van der Waals surface area contributed by atoms with Crippen LogP contribution in [0.15, 0.2) is 60.9 Å². The minimum absolute atomic E-state index is 0.340. The van der Waals surface area contributed by atoms with E-state index in [4.69, 9.17) is 16.3 Å². The number of hydrogen-bond donors (Lipinski definition) is 2. The molecule has 31 heavy (non-hydrogen) atoms. The SMILES string of the molecule is COC(=O)C(Cc1ccccc1)NC(=O)N1CCc2[nH]cnc2C1c1ccc(Cl)cc1. The molecule has 0 saturated heterocycles. The van der Waals surface area contributed by atoms with E-state index in [0.717, 1.165) is 22.5 Å². The number of amides is 2. The number of fused-ring (bicyclic) bond motifs is 1. The Morgan fingerprint density at radius 2 is 1.97 bits per heavy atom. The maximum Gasteiger partial charge on any atom is 0.328 e. The fourth-order valence-electron chi connectivity index (χ4n) is 3.90. The first-order valence-electron chi connectivity index (χ1n) is 10.0. The second-order valence-corrected chi connectivity index (χ2v) is 7.82. The number of nitrogens with zero attached hydrogens (tertiary/aromatic N) is 2. The molecule has 0 fully saturated rings. The third-order valence-electron chi connectivity index (χ3n) is 5.44. The van der Waals surface area contributed by atoms with Crippen LogP contribution in [-0.2, 0) is 22.4 Å². The fraction of sp³-hybridized carbons (Fsp3) is 0.261. The molecule has 1 aliphatic heterocycles. The molecule has 0 spiro atoms. The first kappa shape index (κ1) is 20.9. The maximum atomic E-state index is 13.3. The highest BCUT2D eigenvalue weighted by molar-refractivity contribution is 6.30. The monoisotopic (exact) mass is 438 g/mol. The summed E-state index contributed by atoms with van der Waals surface area (Å²) in [7, 11) is 1.32. The van der Waals surface area contributed by atoms with Crippen molar-refractivity contribution < 1.29 is 14.3 Å². The van der Waals surface area contributed by atoms with Gasteiger partial charge in [0.25, 0.3) is 0 Å². The van der Waals surface area contributed by atoms with E-state index in [2.05, 4.69) is 15.3 Å². The molecule has 7 nitrogen and oxygen atoms in total. The lowest BCUT2D eigenvalue weighted by molar-refractivity contribution is -0.142. The van der Waals surface area contributed by atoms with Crippen LogP contribution in [0.2, 0.25) is 5.02 Å². The van der Waals surface area contributed by atoms with Crippen molar-refractivity contribution >= 4 is 23.6 Å². The number of carbonyl (C=O) groups is 2. The lowest BCUT2D eigenvalue weighted by Crippen LogP contribution is -2.52. The topological polar surface area (TPSA) is 87.3 Å². The van der Waals surface area contributed by atoms with Crippen molar-refractivity contribution in [1.29, 1.82) is 0 Å². The Bertz CT molecular complexity index is 1050. The summed E-state index contributed by atoms with van der Waals surface area (Å²) in [5.74, 6) is -0.488. The molecule has 4 rings (SSSR count). The number of carbonyl (C=O) groups excluding carboxylic acids is 2. The minimum Gasteiger partial charge on any atom is -0.467 e. The largest absolute Gasteiger partial charge is 0.467 e. The van der Waals surface area contributed by atoms with Gasteiger partial charge in [0.05, 0.1) is 19.1 Å². The molecule has 0 aliphatic carbocycles. The first-order valence-corrected chi connectivity index (χ1v) is 10.4. The predicted molar refractivity (Wildman–Crippen MR) is 117 cm³/mol. The number of nitrogens with one attached hydrogen (secondary N) is 2. The van der Waals surface area contributed by atoms with E-state index in [1.165, 1.54) is 7.11 Å². The minimum atomic E-state index is -0.800. The molecule has 1 aliphatic rings. The molecule has 3 aromatic rings. The molecular weight excluding hydrogens is 416 g/mol. The number of H-pyrrole nitrogens is 1. The second-order valence-electron chi connectivity index (χ2n) is 7.38. The average Bonchev–Trinajstić information content (AvgIpc) is 3.27. The number of imidazole rings is 1. The fourth-order valence-corrected chi connectivity index (χ4v) is 4.02. The smallest absolute Gasteiger partial charge is 0.328 e. The summed E-state index contributed by atoms with van der Waals surface area (Å²) in [5.41, 5.74) is 3.62. The Morgan fingerprint density at radius 1 is 1.23 bits per heavy atom. The Labute approximate surface area is 185 Å². The predicted octanol–water partition coefficient (Wildman–Crippen LogP) is 3.50. The van der Waals surface area contributed by atoms with Crippen LogP contribution >= 0.6 is 11.6 Å². The van der Waals surface area contributed by atoms with E-state index in [1.807, 2.05) is 42.5 Å². The number of aromatic amines is 1. The van der Waals surface area contributed by atoms with Crippen molar-refractivity contribution in [3.63, 3.8) is 0 Å². The van der Waals surface area contributed by atoms with E-state index < -0.39 is 12.0 Å². The van der Waals surface area contributed by atoms with Gasteiger partial charge in [0.15, 0.2) is 0 Å². The van der Waals surface area contributed by atoms with Crippen LogP contribution in [-0.4, -0.2) is 46.6 Å². The van der Waals surface area contributed by atoms with Gasteiger partial charge in [0.1, 0.15) is 12.1 Å².